The van der Waals surface area contributed by atoms with Crippen molar-refractivity contribution in [1.82, 2.24) is 4.31 Å². The third kappa shape index (κ3) is 2.37. The molecule has 1 aliphatic heterocycles. The second-order valence-corrected chi connectivity index (χ2v) is 6.18. The van der Waals surface area contributed by atoms with Crippen molar-refractivity contribution in [3.63, 3.8) is 0 Å². The fourth-order valence-corrected chi connectivity index (χ4v) is 3.70. The van der Waals surface area contributed by atoms with E-state index in [1.807, 2.05) is 0 Å². The first-order valence-electron chi connectivity index (χ1n) is 5.66. The lowest BCUT2D eigenvalue weighted by Gasteiger charge is -2.20. The third-order valence-corrected chi connectivity index (χ3v) is 4.97. The molecule has 0 amide bonds. The van der Waals surface area contributed by atoms with Gasteiger partial charge in [-0.15, -0.1) is 0 Å². The number of halogens is 2. The van der Waals surface area contributed by atoms with Gasteiger partial charge >= 0.3 is 5.69 Å². The first kappa shape index (κ1) is 14.8. The molecule has 0 aromatic heterocycles. The topological polar surface area (TPSA) is 107 Å². The highest BCUT2D eigenvalue weighted by Gasteiger charge is 2.36. The summed E-state index contributed by atoms with van der Waals surface area (Å²) >= 11 is 0. The molecule has 7 nitrogen and oxygen atoms in total. The largest absolute Gasteiger partial charge is 0.315 e. The predicted molar refractivity (Wildman–Crippen MR) is 64.1 cm³/mol. The number of sulfonamides is 1. The van der Waals surface area contributed by atoms with Gasteiger partial charge < -0.3 is 5.73 Å². The maximum absolute atomic E-state index is 13.7. The van der Waals surface area contributed by atoms with Gasteiger partial charge in [-0.05, 0) is 12.8 Å². The van der Waals surface area contributed by atoms with Crippen molar-refractivity contribution in [3.05, 3.63) is 33.9 Å². The van der Waals surface area contributed by atoms with Crippen LogP contribution in [0.25, 0.3) is 0 Å². The van der Waals surface area contributed by atoms with E-state index in [0.717, 1.165) is 4.31 Å². The molecule has 0 aliphatic carbocycles. The summed E-state index contributed by atoms with van der Waals surface area (Å²) in [6, 6.07) is 0.567. The van der Waals surface area contributed by atoms with Crippen LogP contribution in [-0.2, 0) is 10.0 Å². The van der Waals surface area contributed by atoms with E-state index in [1.165, 1.54) is 0 Å². The van der Waals surface area contributed by atoms with Crippen molar-refractivity contribution in [1.29, 1.82) is 0 Å². The Kier molecular flexibility index (Phi) is 3.71. The Bertz CT molecular complexity index is 665. The van der Waals surface area contributed by atoms with Crippen LogP contribution >= 0.6 is 0 Å². The summed E-state index contributed by atoms with van der Waals surface area (Å²) in [5.74, 6) is -2.82. The van der Waals surface area contributed by atoms with Gasteiger partial charge in [0.15, 0.2) is 0 Å². The van der Waals surface area contributed by atoms with Crippen molar-refractivity contribution in [2.24, 2.45) is 5.73 Å². The fraction of sp³-hybridized carbons (Fsp3) is 0.400. The van der Waals surface area contributed by atoms with Crippen LogP contribution < -0.4 is 5.73 Å². The molecule has 1 aliphatic rings. The molecule has 0 bridgehead atoms. The number of benzene rings is 1. The molecule has 1 saturated heterocycles. The quantitative estimate of drug-likeness (QED) is 0.660. The van der Waals surface area contributed by atoms with Crippen LogP contribution in [0.5, 0.6) is 0 Å². The van der Waals surface area contributed by atoms with Gasteiger partial charge in [-0.25, -0.2) is 12.8 Å². The number of nitro benzene ring substituents is 1. The minimum absolute atomic E-state index is 0.0914. The van der Waals surface area contributed by atoms with Crippen LogP contribution in [0, 0.1) is 21.7 Å². The number of hydrogen-bond acceptors (Lipinski definition) is 5. The Morgan fingerprint density at radius 2 is 2.00 bits per heavy atom. The van der Waals surface area contributed by atoms with Gasteiger partial charge in [-0.3, -0.25) is 10.1 Å². The van der Waals surface area contributed by atoms with Gasteiger partial charge in [0.05, 0.1) is 11.1 Å². The van der Waals surface area contributed by atoms with Crippen molar-refractivity contribution < 1.29 is 22.1 Å². The van der Waals surface area contributed by atoms with Crippen LogP contribution in [0.15, 0.2) is 17.0 Å². The smallest absolute Gasteiger partial charge is 0.306 e. The first-order chi connectivity index (χ1) is 9.25. The maximum Gasteiger partial charge on any atom is 0.306 e. The summed E-state index contributed by atoms with van der Waals surface area (Å²) < 4.78 is 52.1. The molecule has 2 N–H and O–H groups in total. The van der Waals surface area contributed by atoms with Crippen LogP contribution in [0.4, 0.5) is 14.5 Å². The highest BCUT2D eigenvalue weighted by Crippen LogP contribution is 2.29. The van der Waals surface area contributed by atoms with E-state index in [1.54, 1.807) is 0 Å². The molecule has 0 radical (unpaired) electrons. The van der Waals surface area contributed by atoms with Crippen molar-refractivity contribution in [2.45, 2.75) is 23.9 Å². The summed E-state index contributed by atoms with van der Waals surface area (Å²) in [6.45, 7) is 0.0914. The molecule has 10 heteroatoms. The summed E-state index contributed by atoms with van der Waals surface area (Å²) in [4.78, 5) is 8.55. The van der Waals surface area contributed by atoms with Crippen molar-refractivity contribution in [2.75, 3.05) is 6.54 Å². The van der Waals surface area contributed by atoms with Gasteiger partial charge in [0, 0.05) is 18.7 Å². The lowest BCUT2D eigenvalue weighted by molar-refractivity contribution is -0.387. The standard InChI is InChI=1S/C10H11F2N3O4S/c11-6-4-7(12)9(5-8(6)15(16)17)20(18,19)14-3-1-2-10(14)13/h4-5,10H,1-3,13H2. The van der Waals surface area contributed by atoms with Gasteiger partial charge in [-0.2, -0.15) is 8.70 Å². The number of nitrogens with zero attached hydrogens (tertiary/aromatic N) is 2. The van der Waals surface area contributed by atoms with Gasteiger partial charge in [0.2, 0.25) is 15.8 Å². The van der Waals surface area contributed by atoms with E-state index >= 15 is 0 Å². The Hall–Kier alpha value is -1.65. The average molecular weight is 307 g/mol. The molecule has 1 aromatic carbocycles. The van der Waals surface area contributed by atoms with Gasteiger partial charge in [-0.1, -0.05) is 0 Å². The monoisotopic (exact) mass is 307 g/mol. The summed E-state index contributed by atoms with van der Waals surface area (Å²) in [6.07, 6.45) is 0.0959. The van der Waals surface area contributed by atoms with Crippen molar-refractivity contribution >= 4 is 15.7 Å². The minimum Gasteiger partial charge on any atom is -0.315 e. The molecule has 0 saturated carbocycles. The number of nitro groups is 1. The molecule has 2 rings (SSSR count). The second-order valence-electron chi connectivity index (χ2n) is 4.32. The molecule has 1 unspecified atom stereocenters. The number of rotatable bonds is 3. The summed E-state index contributed by atoms with van der Waals surface area (Å²) in [5.41, 5.74) is 4.50. The van der Waals surface area contributed by atoms with Crippen LogP contribution in [0.2, 0.25) is 0 Å². The van der Waals surface area contributed by atoms with Gasteiger partial charge in [0.25, 0.3) is 0 Å². The lowest BCUT2D eigenvalue weighted by Crippen LogP contribution is -2.41. The molecule has 0 spiro atoms. The maximum atomic E-state index is 13.7. The molecule has 1 aromatic rings. The Morgan fingerprint density at radius 1 is 1.35 bits per heavy atom. The zero-order chi connectivity index (χ0) is 15.1. The highest BCUT2D eigenvalue weighted by molar-refractivity contribution is 7.89. The van der Waals surface area contributed by atoms with Gasteiger partial charge in [0.1, 0.15) is 10.7 Å². The minimum atomic E-state index is -4.33. The zero-order valence-electron chi connectivity index (χ0n) is 10.1. The van der Waals surface area contributed by atoms with Crippen molar-refractivity contribution in [3.8, 4) is 0 Å². The molecule has 20 heavy (non-hydrogen) atoms. The predicted octanol–water partition coefficient (Wildman–Crippen LogP) is 0.942. The van der Waals surface area contributed by atoms with Crippen LogP contribution in [0.1, 0.15) is 12.8 Å². The van der Waals surface area contributed by atoms with Crippen LogP contribution in [-0.4, -0.2) is 30.4 Å². The summed E-state index contributed by atoms with van der Waals surface area (Å²) in [7, 11) is -4.33. The molecule has 1 heterocycles. The van der Waals surface area contributed by atoms with E-state index in [0.29, 0.717) is 18.9 Å². The van der Waals surface area contributed by atoms with E-state index in [4.69, 9.17) is 5.73 Å². The molecule has 1 atom stereocenters. The fourth-order valence-electron chi connectivity index (χ4n) is 2.05. The van der Waals surface area contributed by atoms with E-state index < -0.39 is 43.3 Å². The SMILES string of the molecule is NC1CCCN1S(=O)(=O)c1cc([N+](=O)[O-])c(F)cc1F. The molecule has 1 fully saturated rings. The first-order valence-corrected chi connectivity index (χ1v) is 7.10. The van der Waals surface area contributed by atoms with E-state index in [-0.39, 0.29) is 12.6 Å². The van der Waals surface area contributed by atoms with E-state index in [2.05, 4.69) is 0 Å². The van der Waals surface area contributed by atoms with E-state index in [9.17, 15) is 27.3 Å². The second kappa shape index (κ2) is 5.04. The average Bonchev–Trinajstić information content (AvgIpc) is 2.75. The Morgan fingerprint density at radius 3 is 2.50 bits per heavy atom. The lowest BCUT2D eigenvalue weighted by atomic mass is 10.3. The zero-order valence-corrected chi connectivity index (χ0v) is 10.9. The summed E-state index contributed by atoms with van der Waals surface area (Å²) in [5, 5.41) is 10.6. The Labute approximate surface area is 113 Å². The number of nitrogens with two attached hydrogens (primary N) is 1. The third-order valence-electron chi connectivity index (χ3n) is 3.03. The highest BCUT2D eigenvalue weighted by atomic mass is 32.2. The molecule has 110 valence electrons. The Balaban J connectivity index is 2.57. The number of hydrogen-bond donors (Lipinski definition) is 1. The molecular formula is C10H11F2N3O4S. The normalized spacial score (nSPS) is 20.2. The van der Waals surface area contributed by atoms with Crippen LogP contribution in [0.3, 0.4) is 0 Å². The molecular weight excluding hydrogens is 296 g/mol.